The van der Waals surface area contributed by atoms with Crippen LogP contribution in [-0.4, -0.2) is 35.6 Å². The second-order valence-electron chi connectivity index (χ2n) is 7.57. The van der Waals surface area contributed by atoms with Gasteiger partial charge in [0.1, 0.15) is 0 Å². The third-order valence-corrected chi connectivity index (χ3v) is 5.20. The first-order valence-corrected chi connectivity index (χ1v) is 11.8. The molecule has 0 amide bonds. The first kappa shape index (κ1) is 30.5. The molecule has 2 rings (SSSR count). The van der Waals surface area contributed by atoms with Crippen LogP contribution in [0.2, 0.25) is 0 Å². The van der Waals surface area contributed by atoms with Crippen LogP contribution in [0.15, 0.2) is 49.6 Å². The van der Waals surface area contributed by atoms with Crippen LogP contribution >= 0.6 is 0 Å². The highest BCUT2D eigenvalue weighted by Crippen LogP contribution is 2.24. The van der Waals surface area contributed by atoms with Crippen molar-refractivity contribution in [3.63, 3.8) is 0 Å². The van der Waals surface area contributed by atoms with Crippen molar-refractivity contribution in [3.05, 3.63) is 72.1 Å². The number of carbonyl (C=O) groups excluding carboxylic acids is 2. The number of ether oxygens (including phenoxy) is 2. The number of carbonyl (C=O) groups is 2. The highest BCUT2D eigenvalue weighted by Gasteiger charge is 2.22. The fourth-order valence-electron chi connectivity index (χ4n) is 3.57. The van der Waals surface area contributed by atoms with Gasteiger partial charge in [0, 0.05) is 42.1 Å². The molecule has 1 unspecified atom stereocenters. The molecule has 0 aliphatic carbocycles. The Hall–Kier alpha value is -2.50. The van der Waals surface area contributed by atoms with Crippen LogP contribution in [0.25, 0.3) is 0 Å². The minimum atomic E-state index is -0.223. The van der Waals surface area contributed by atoms with Crippen molar-refractivity contribution < 1.29 is 19.1 Å². The summed E-state index contributed by atoms with van der Waals surface area (Å²) in [6.07, 6.45) is 2.49. The molecule has 5 nitrogen and oxygen atoms in total. The molecule has 33 heavy (non-hydrogen) atoms. The van der Waals surface area contributed by atoms with Crippen LogP contribution in [-0.2, 0) is 14.3 Å². The molecule has 5 heteroatoms. The predicted octanol–water partition coefficient (Wildman–Crippen LogP) is 6.86. The highest BCUT2D eigenvalue weighted by atomic mass is 16.7. The maximum atomic E-state index is 12.7. The summed E-state index contributed by atoms with van der Waals surface area (Å²) in [5.41, 5.74) is 3.19. The van der Waals surface area contributed by atoms with Gasteiger partial charge in [0.05, 0.1) is 6.04 Å². The number of aromatic nitrogens is 1. The van der Waals surface area contributed by atoms with Gasteiger partial charge in [0.15, 0.2) is 17.9 Å². The third kappa shape index (κ3) is 9.89. The Balaban J connectivity index is 0.000000868. The molecular weight excluding hydrogens is 414 g/mol. The number of benzene rings is 1. The van der Waals surface area contributed by atoms with Crippen LogP contribution in [0.5, 0.6) is 0 Å². The van der Waals surface area contributed by atoms with Gasteiger partial charge < -0.3 is 14.0 Å². The Morgan fingerprint density at radius 3 is 2.00 bits per heavy atom. The fourth-order valence-corrected chi connectivity index (χ4v) is 3.57. The van der Waals surface area contributed by atoms with E-state index >= 15 is 0 Å². The zero-order valence-electron chi connectivity index (χ0n) is 21.6. The standard InChI is InChI=1S/C20H25NO2.C6H14O2.C2H4/c1-5-6-12-19(22)16(4)21-14(2)13-18(15(21)3)20(23)17-10-8-7-9-11-17;1-4-7-6(3)8-5-2;1-2/h7-11,13,16H,5-6,12H2,1-4H3;6H,4-5H2,1-3H3;1-2H2. The first-order chi connectivity index (χ1) is 15.8. The van der Waals surface area contributed by atoms with E-state index in [1.807, 2.05) is 82.5 Å². The van der Waals surface area contributed by atoms with Crippen molar-refractivity contribution in [1.29, 1.82) is 0 Å². The molecule has 1 aromatic heterocycles. The van der Waals surface area contributed by atoms with E-state index in [0.29, 0.717) is 17.5 Å². The van der Waals surface area contributed by atoms with E-state index in [2.05, 4.69) is 20.1 Å². The zero-order valence-corrected chi connectivity index (χ0v) is 21.6. The third-order valence-electron chi connectivity index (χ3n) is 5.20. The molecule has 0 saturated heterocycles. The Morgan fingerprint density at radius 2 is 1.52 bits per heavy atom. The van der Waals surface area contributed by atoms with E-state index in [4.69, 9.17) is 9.47 Å². The maximum Gasteiger partial charge on any atom is 0.194 e. The molecule has 184 valence electrons. The van der Waals surface area contributed by atoms with E-state index < -0.39 is 0 Å². The van der Waals surface area contributed by atoms with Crippen LogP contribution in [0.1, 0.15) is 87.2 Å². The molecule has 0 N–H and O–H groups in total. The van der Waals surface area contributed by atoms with Crippen molar-refractivity contribution in [3.8, 4) is 0 Å². The average Bonchev–Trinajstić information content (AvgIpc) is 3.12. The Kier molecular flexibility index (Phi) is 15.7. The van der Waals surface area contributed by atoms with Crippen LogP contribution in [0.3, 0.4) is 0 Å². The van der Waals surface area contributed by atoms with Crippen molar-refractivity contribution in [2.45, 2.75) is 80.1 Å². The van der Waals surface area contributed by atoms with Gasteiger partial charge in [-0.25, -0.2) is 0 Å². The monoisotopic (exact) mass is 457 g/mol. The van der Waals surface area contributed by atoms with Gasteiger partial charge in [-0.2, -0.15) is 0 Å². The van der Waals surface area contributed by atoms with Gasteiger partial charge in [0.2, 0.25) is 0 Å². The molecular formula is C28H43NO4. The van der Waals surface area contributed by atoms with E-state index in [9.17, 15) is 9.59 Å². The molecule has 0 aliphatic heterocycles. The smallest absolute Gasteiger partial charge is 0.194 e. The van der Waals surface area contributed by atoms with Crippen molar-refractivity contribution in [2.24, 2.45) is 0 Å². The number of hydrogen-bond acceptors (Lipinski definition) is 4. The number of Topliss-reactive ketones (excluding diaryl/α,β-unsaturated/α-hetero) is 1. The number of unbranched alkanes of at least 4 members (excludes halogenated alkanes) is 1. The van der Waals surface area contributed by atoms with Gasteiger partial charge in [-0.1, -0.05) is 43.7 Å². The van der Waals surface area contributed by atoms with E-state index in [0.717, 1.165) is 37.4 Å². The Bertz CT molecular complexity index is 820. The maximum absolute atomic E-state index is 12.7. The Morgan fingerprint density at radius 1 is 0.970 bits per heavy atom. The molecule has 0 aliphatic rings. The molecule has 0 saturated carbocycles. The summed E-state index contributed by atoms with van der Waals surface area (Å²) in [5.74, 6) is 0.241. The summed E-state index contributed by atoms with van der Waals surface area (Å²) in [6.45, 7) is 21.1. The molecule has 0 fully saturated rings. The van der Waals surface area contributed by atoms with E-state index in [1.165, 1.54) is 0 Å². The van der Waals surface area contributed by atoms with Crippen molar-refractivity contribution in [2.75, 3.05) is 13.2 Å². The van der Waals surface area contributed by atoms with Gasteiger partial charge >= 0.3 is 0 Å². The van der Waals surface area contributed by atoms with Gasteiger partial charge in [-0.3, -0.25) is 9.59 Å². The second-order valence-corrected chi connectivity index (χ2v) is 7.57. The largest absolute Gasteiger partial charge is 0.353 e. The van der Waals surface area contributed by atoms with Crippen molar-refractivity contribution in [1.82, 2.24) is 4.57 Å². The summed E-state index contributed by atoms with van der Waals surface area (Å²) < 4.78 is 12.1. The number of rotatable bonds is 11. The van der Waals surface area contributed by atoms with E-state index in [-0.39, 0.29) is 23.9 Å². The molecule has 0 spiro atoms. The molecule has 2 aromatic rings. The fraction of sp³-hybridized carbons (Fsp3) is 0.500. The van der Waals surface area contributed by atoms with Crippen molar-refractivity contribution >= 4 is 11.6 Å². The summed E-state index contributed by atoms with van der Waals surface area (Å²) >= 11 is 0. The summed E-state index contributed by atoms with van der Waals surface area (Å²) in [6, 6.07) is 10.9. The first-order valence-electron chi connectivity index (χ1n) is 11.8. The highest BCUT2D eigenvalue weighted by molar-refractivity contribution is 6.10. The second kappa shape index (κ2) is 17.0. The van der Waals surface area contributed by atoms with Crippen LogP contribution in [0.4, 0.5) is 0 Å². The number of ketones is 2. The molecule has 1 heterocycles. The lowest BCUT2D eigenvalue weighted by Gasteiger charge is -2.17. The quantitative estimate of drug-likeness (QED) is 0.210. The molecule has 0 radical (unpaired) electrons. The summed E-state index contributed by atoms with van der Waals surface area (Å²) in [5, 5.41) is 0. The summed E-state index contributed by atoms with van der Waals surface area (Å²) in [4.78, 5) is 25.0. The minimum absolute atomic E-state index is 0.0122. The lowest BCUT2D eigenvalue weighted by Crippen LogP contribution is -2.19. The molecule has 1 atom stereocenters. The van der Waals surface area contributed by atoms with Gasteiger partial charge in [-0.05, 0) is 54.0 Å². The lowest BCUT2D eigenvalue weighted by molar-refractivity contribution is -0.123. The van der Waals surface area contributed by atoms with Gasteiger partial charge in [-0.15, -0.1) is 13.2 Å². The summed E-state index contributed by atoms with van der Waals surface area (Å²) in [7, 11) is 0. The molecule has 0 bridgehead atoms. The predicted molar refractivity (Wildman–Crippen MR) is 137 cm³/mol. The Labute approximate surface area is 200 Å². The van der Waals surface area contributed by atoms with E-state index in [1.54, 1.807) is 0 Å². The van der Waals surface area contributed by atoms with Crippen LogP contribution < -0.4 is 0 Å². The topological polar surface area (TPSA) is 57.5 Å². The minimum Gasteiger partial charge on any atom is -0.353 e. The SMILES string of the molecule is C=C.CCCCC(=O)C(C)n1c(C)cc(C(=O)c2ccccc2)c1C.CCOC(C)OCC. The number of nitrogens with zero attached hydrogens (tertiary/aromatic N) is 1. The van der Waals surface area contributed by atoms with Gasteiger partial charge in [0.25, 0.3) is 0 Å². The lowest BCUT2D eigenvalue weighted by atomic mass is 10.0. The number of aryl methyl sites for hydroxylation is 1. The average molecular weight is 458 g/mol. The number of hydrogen-bond donors (Lipinski definition) is 0. The molecule has 1 aromatic carbocycles. The zero-order chi connectivity index (χ0) is 25.4. The normalized spacial score (nSPS) is 11.2. The van der Waals surface area contributed by atoms with Crippen LogP contribution in [0, 0.1) is 13.8 Å².